The summed E-state index contributed by atoms with van der Waals surface area (Å²) in [6.45, 7) is 1.72. The van der Waals surface area contributed by atoms with Gasteiger partial charge in [0.1, 0.15) is 13.2 Å². The number of carboxylic acid groups (broad SMARTS) is 1. The van der Waals surface area contributed by atoms with E-state index in [2.05, 4.69) is 10.2 Å². The van der Waals surface area contributed by atoms with Gasteiger partial charge in [-0.15, -0.1) is 0 Å². The maximum atomic E-state index is 10.7. The van der Waals surface area contributed by atoms with Crippen LogP contribution < -0.4 is 0 Å². The Morgan fingerprint density at radius 2 is 2.00 bits per heavy atom. The van der Waals surface area contributed by atoms with E-state index < -0.39 is 5.97 Å². The van der Waals surface area contributed by atoms with Crippen LogP contribution in [0.25, 0.3) is 0 Å². The quantitative estimate of drug-likeness (QED) is 0.297. The summed E-state index contributed by atoms with van der Waals surface area (Å²) >= 11 is 4.94. The molecule has 0 radical (unpaired) electrons. The fourth-order valence-electron chi connectivity index (χ4n) is 1.73. The van der Waals surface area contributed by atoms with E-state index in [1.165, 1.54) is 4.57 Å². The maximum absolute atomic E-state index is 10.7. The average Bonchev–Trinajstić information content (AvgIpc) is 2.76. The average molecular weight is 320 g/mol. The van der Waals surface area contributed by atoms with Gasteiger partial charge in [0.2, 0.25) is 0 Å². The van der Waals surface area contributed by atoms with Crippen molar-refractivity contribution in [2.75, 3.05) is 39.5 Å². The third-order valence-corrected chi connectivity index (χ3v) is 3.06. The number of hydrogen-bond donors (Lipinski definition) is 4. The van der Waals surface area contributed by atoms with Crippen LogP contribution in [0.1, 0.15) is 5.82 Å². The van der Waals surface area contributed by atoms with Crippen molar-refractivity contribution in [2.45, 2.75) is 13.2 Å². The van der Waals surface area contributed by atoms with Crippen molar-refractivity contribution in [2.24, 2.45) is 0 Å². The molecule has 0 aliphatic heterocycles. The number of H-pyrrole nitrogens is 1. The largest absolute Gasteiger partial charge is 0.480 e. The van der Waals surface area contributed by atoms with Gasteiger partial charge in [0.25, 0.3) is 0 Å². The number of hydrogen-bond acceptors (Lipinski definition) is 7. The van der Waals surface area contributed by atoms with E-state index in [0.29, 0.717) is 32.1 Å². The molecule has 0 unspecified atom stereocenters. The molecule has 0 saturated heterocycles. The number of aromatic nitrogens is 3. The minimum atomic E-state index is -1.01. The zero-order chi connectivity index (χ0) is 15.7. The molecule has 10 heteroatoms. The number of rotatable bonds is 11. The predicted molar refractivity (Wildman–Crippen MR) is 75.3 cm³/mol. The Bertz CT molecular complexity index is 483. The molecule has 120 valence electrons. The number of aliphatic hydroxyl groups is 2. The van der Waals surface area contributed by atoms with Crippen LogP contribution in [0, 0.1) is 4.77 Å². The van der Waals surface area contributed by atoms with Crippen LogP contribution in [0.5, 0.6) is 0 Å². The molecule has 9 nitrogen and oxygen atoms in total. The topological polar surface area (TPSA) is 124 Å². The Labute approximate surface area is 126 Å². The summed E-state index contributed by atoms with van der Waals surface area (Å²) in [6, 6.07) is 0. The molecular formula is C11H20N4O5S. The smallest absolute Gasteiger partial charge is 0.323 e. The highest BCUT2D eigenvalue weighted by molar-refractivity contribution is 7.71. The van der Waals surface area contributed by atoms with Gasteiger partial charge in [-0.2, -0.15) is 5.10 Å². The summed E-state index contributed by atoms with van der Waals surface area (Å²) < 4.78 is 7.02. The van der Waals surface area contributed by atoms with Crippen LogP contribution >= 0.6 is 12.2 Å². The summed E-state index contributed by atoms with van der Waals surface area (Å²) in [6.07, 6.45) is 0. The van der Waals surface area contributed by atoms with E-state index in [1.807, 2.05) is 4.90 Å². The molecule has 0 aliphatic rings. The molecular weight excluding hydrogens is 300 g/mol. The lowest BCUT2D eigenvalue weighted by Gasteiger charge is -2.19. The number of aromatic amines is 1. The number of aliphatic carboxylic acids is 1. The SMILES string of the molecule is O=C(O)Cn1c(COCCN(CCO)CCO)n[nH]c1=S. The first kappa shape index (κ1) is 17.7. The first-order valence-corrected chi connectivity index (χ1v) is 6.87. The van der Waals surface area contributed by atoms with E-state index >= 15 is 0 Å². The van der Waals surface area contributed by atoms with E-state index in [4.69, 9.17) is 32.3 Å². The minimum Gasteiger partial charge on any atom is -0.480 e. The Hall–Kier alpha value is -1.33. The number of carboxylic acids is 1. The first-order chi connectivity index (χ1) is 10.1. The van der Waals surface area contributed by atoms with E-state index in [1.54, 1.807) is 0 Å². The van der Waals surface area contributed by atoms with Crippen LogP contribution in [0.4, 0.5) is 0 Å². The molecule has 0 spiro atoms. The Morgan fingerprint density at radius 3 is 2.57 bits per heavy atom. The molecule has 1 rings (SSSR count). The number of nitrogens with one attached hydrogen (secondary N) is 1. The third-order valence-electron chi connectivity index (χ3n) is 2.75. The van der Waals surface area contributed by atoms with Crippen LogP contribution in [0.3, 0.4) is 0 Å². The number of aliphatic hydroxyl groups excluding tert-OH is 2. The molecule has 1 aromatic heterocycles. The Balaban J connectivity index is 2.42. The highest BCUT2D eigenvalue weighted by Gasteiger charge is 2.10. The fourth-order valence-corrected chi connectivity index (χ4v) is 1.95. The van der Waals surface area contributed by atoms with Crippen molar-refractivity contribution in [3.63, 3.8) is 0 Å². The van der Waals surface area contributed by atoms with Crippen molar-refractivity contribution in [1.29, 1.82) is 0 Å². The molecule has 0 fully saturated rings. The maximum Gasteiger partial charge on any atom is 0.323 e. The first-order valence-electron chi connectivity index (χ1n) is 6.46. The molecule has 21 heavy (non-hydrogen) atoms. The summed E-state index contributed by atoms with van der Waals surface area (Å²) in [7, 11) is 0. The lowest BCUT2D eigenvalue weighted by atomic mass is 10.4. The second-order valence-corrected chi connectivity index (χ2v) is 4.65. The van der Waals surface area contributed by atoms with Gasteiger partial charge in [-0.3, -0.25) is 19.4 Å². The number of nitrogens with zero attached hydrogens (tertiary/aromatic N) is 3. The van der Waals surface area contributed by atoms with Gasteiger partial charge in [-0.1, -0.05) is 0 Å². The summed E-state index contributed by atoms with van der Waals surface area (Å²) in [5.74, 6) is -0.593. The van der Waals surface area contributed by atoms with Gasteiger partial charge in [-0.05, 0) is 12.2 Å². The van der Waals surface area contributed by atoms with E-state index in [0.717, 1.165) is 0 Å². The molecule has 0 amide bonds. The van der Waals surface area contributed by atoms with Crippen LogP contribution in [-0.4, -0.2) is 80.4 Å². The van der Waals surface area contributed by atoms with E-state index in [-0.39, 0.29) is 31.1 Å². The highest BCUT2D eigenvalue weighted by Crippen LogP contribution is 2.00. The lowest BCUT2D eigenvalue weighted by Crippen LogP contribution is -2.33. The van der Waals surface area contributed by atoms with Crippen LogP contribution in [0.2, 0.25) is 0 Å². The van der Waals surface area contributed by atoms with Crippen molar-refractivity contribution in [3.05, 3.63) is 10.6 Å². The molecule has 1 aromatic rings. The van der Waals surface area contributed by atoms with Crippen molar-refractivity contribution in [1.82, 2.24) is 19.7 Å². The Kier molecular flexibility index (Phi) is 8.08. The second kappa shape index (κ2) is 9.58. The molecule has 0 saturated carbocycles. The summed E-state index contributed by atoms with van der Waals surface area (Å²) in [5.41, 5.74) is 0. The van der Waals surface area contributed by atoms with Gasteiger partial charge in [0.05, 0.1) is 19.8 Å². The standard InChI is InChI=1S/C11H20N4O5S/c16-4-1-14(2-5-17)3-6-20-8-9-12-13-11(21)15(9)7-10(18)19/h16-17H,1-8H2,(H,13,21)(H,18,19). The molecule has 0 bridgehead atoms. The molecule has 4 N–H and O–H groups in total. The molecule has 0 aromatic carbocycles. The number of carbonyl (C=O) groups is 1. The third kappa shape index (κ3) is 6.31. The highest BCUT2D eigenvalue weighted by atomic mass is 32.1. The summed E-state index contributed by atoms with van der Waals surface area (Å²) in [4.78, 5) is 12.6. The normalized spacial score (nSPS) is 11.2. The van der Waals surface area contributed by atoms with Crippen molar-refractivity contribution >= 4 is 18.2 Å². The predicted octanol–water partition coefficient (Wildman–Crippen LogP) is -1.17. The fraction of sp³-hybridized carbons (Fsp3) is 0.727. The molecule has 1 heterocycles. The van der Waals surface area contributed by atoms with E-state index in [9.17, 15) is 4.79 Å². The number of ether oxygens (including phenoxy) is 1. The van der Waals surface area contributed by atoms with Gasteiger partial charge >= 0.3 is 5.97 Å². The van der Waals surface area contributed by atoms with Gasteiger partial charge in [-0.25, -0.2) is 0 Å². The van der Waals surface area contributed by atoms with Crippen molar-refractivity contribution in [3.8, 4) is 0 Å². The summed E-state index contributed by atoms with van der Waals surface area (Å²) in [5, 5.41) is 33.0. The molecule has 0 atom stereocenters. The zero-order valence-electron chi connectivity index (χ0n) is 11.6. The van der Waals surface area contributed by atoms with Gasteiger partial charge in [0.15, 0.2) is 10.6 Å². The lowest BCUT2D eigenvalue weighted by molar-refractivity contribution is -0.137. The van der Waals surface area contributed by atoms with Crippen molar-refractivity contribution < 1.29 is 24.9 Å². The minimum absolute atomic E-state index is 0.0112. The van der Waals surface area contributed by atoms with Gasteiger partial charge in [0, 0.05) is 19.6 Å². The zero-order valence-corrected chi connectivity index (χ0v) is 12.4. The Morgan fingerprint density at radius 1 is 1.33 bits per heavy atom. The van der Waals surface area contributed by atoms with Crippen LogP contribution in [-0.2, 0) is 22.7 Å². The molecule has 0 aliphatic carbocycles. The monoisotopic (exact) mass is 320 g/mol. The second-order valence-electron chi connectivity index (χ2n) is 4.27. The van der Waals surface area contributed by atoms with Gasteiger partial charge < -0.3 is 20.1 Å². The van der Waals surface area contributed by atoms with Crippen LogP contribution in [0.15, 0.2) is 0 Å².